The second-order valence-corrected chi connectivity index (χ2v) is 6.19. The van der Waals surface area contributed by atoms with E-state index in [-0.39, 0.29) is 17.5 Å². The van der Waals surface area contributed by atoms with Crippen molar-refractivity contribution in [1.82, 2.24) is 5.32 Å². The lowest BCUT2D eigenvalue weighted by Crippen LogP contribution is -2.32. The first-order valence-corrected chi connectivity index (χ1v) is 8.21. The molecule has 0 spiro atoms. The van der Waals surface area contributed by atoms with E-state index in [0.29, 0.717) is 18.9 Å². The molecular weight excluding hydrogens is 304 g/mol. The van der Waals surface area contributed by atoms with E-state index in [0.717, 1.165) is 24.0 Å². The molecule has 0 heterocycles. The molecule has 3 rings (SSSR count). The van der Waals surface area contributed by atoms with Gasteiger partial charge in [-0.15, -0.1) is 0 Å². The molecule has 0 aliphatic heterocycles. The van der Waals surface area contributed by atoms with Crippen LogP contribution in [-0.4, -0.2) is 17.4 Å². The van der Waals surface area contributed by atoms with Crippen LogP contribution in [0.5, 0.6) is 0 Å². The highest BCUT2D eigenvalue weighted by Gasteiger charge is 2.36. The van der Waals surface area contributed by atoms with Gasteiger partial charge in [-0.05, 0) is 36.3 Å². The van der Waals surface area contributed by atoms with E-state index in [4.69, 9.17) is 0 Å². The van der Waals surface area contributed by atoms with E-state index in [1.807, 2.05) is 30.3 Å². The molecule has 0 saturated heterocycles. The Morgan fingerprint density at radius 1 is 1.12 bits per heavy atom. The largest absolute Gasteiger partial charge is 0.355 e. The first kappa shape index (κ1) is 16.2. The van der Waals surface area contributed by atoms with Crippen LogP contribution in [0.1, 0.15) is 29.9 Å². The van der Waals surface area contributed by atoms with Crippen LogP contribution >= 0.6 is 0 Å². The zero-order chi connectivity index (χ0) is 16.9. The summed E-state index contributed by atoms with van der Waals surface area (Å²) in [6.07, 6.45) is 2.88. The number of nitro benzene ring substituents is 1. The normalized spacial score (nSPS) is 14.8. The maximum absolute atomic E-state index is 12.6. The number of amides is 1. The predicted octanol–water partition coefficient (Wildman–Crippen LogP) is 3.45. The van der Waals surface area contributed by atoms with Gasteiger partial charge in [-0.3, -0.25) is 14.9 Å². The van der Waals surface area contributed by atoms with Crippen molar-refractivity contribution in [2.24, 2.45) is 5.92 Å². The Kier molecular flexibility index (Phi) is 4.89. The Balaban J connectivity index is 1.55. The Labute approximate surface area is 140 Å². The molecule has 1 atom stereocenters. The number of carbonyl (C=O) groups is 1. The molecule has 0 aromatic heterocycles. The fraction of sp³-hybridized carbons (Fsp3) is 0.316. The van der Waals surface area contributed by atoms with Crippen molar-refractivity contribution in [3.63, 3.8) is 0 Å². The summed E-state index contributed by atoms with van der Waals surface area (Å²) in [7, 11) is 0. The van der Waals surface area contributed by atoms with Crippen molar-refractivity contribution in [1.29, 1.82) is 0 Å². The van der Waals surface area contributed by atoms with Crippen LogP contribution in [0.2, 0.25) is 0 Å². The maximum Gasteiger partial charge on any atom is 0.269 e. The van der Waals surface area contributed by atoms with Gasteiger partial charge < -0.3 is 5.32 Å². The molecular formula is C19H20N2O3. The third-order valence-corrected chi connectivity index (χ3v) is 4.39. The summed E-state index contributed by atoms with van der Waals surface area (Å²) >= 11 is 0. The van der Waals surface area contributed by atoms with Gasteiger partial charge in [-0.2, -0.15) is 0 Å². The van der Waals surface area contributed by atoms with E-state index in [1.54, 1.807) is 12.1 Å². The van der Waals surface area contributed by atoms with E-state index >= 15 is 0 Å². The summed E-state index contributed by atoms with van der Waals surface area (Å²) in [4.78, 5) is 22.8. The standard InChI is InChI=1S/C19H20N2O3/c22-19(18(16-8-9-16)15-4-2-1-3-5-15)20-13-12-14-6-10-17(11-7-14)21(23)24/h1-7,10-11,16,18H,8-9,12-13H2,(H,20,22). The molecule has 0 radical (unpaired) electrons. The van der Waals surface area contributed by atoms with Gasteiger partial charge in [-0.25, -0.2) is 0 Å². The number of nitrogens with one attached hydrogen (secondary N) is 1. The number of nitro groups is 1. The topological polar surface area (TPSA) is 72.2 Å². The number of hydrogen-bond donors (Lipinski definition) is 1. The number of rotatable bonds is 7. The average Bonchev–Trinajstić information content (AvgIpc) is 3.41. The van der Waals surface area contributed by atoms with Gasteiger partial charge in [0.1, 0.15) is 0 Å². The summed E-state index contributed by atoms with van der Waals surface area (Å²) in [5, 5.41) is 13.7. The quantitative estimate of drug-likeness (QED) is 0.626. The van der Waals surface area contributed by atoms with Gasteiger partial charge in [0.05, 0.1) is 10.8 Å². The van der Waals surface area contributed by atoms with Crippen molar-refractivity contribution in [3.8, 4) is 0 Å². The molecule has 124 valence electrons. The molecule has 24 heavy (non-hydrogen) atoms. The molecule has 1 unspecified atom stereocenters. The van der Waals surface area contributed by atoms with Crippen LogP contribution in [0, 0.1) is 16.0 Å². The minimum Gasteiger partial charge on any atom is -0.355 e. The lowest BCUT2D eigenvalue weighted by Gasteiger charge is -2.16. The Hall–Kier alpha value is -2.69. The van der Waals surface area contributed by atoms with Crippen molar-refractivity contribution >= 4 is 11.6 Å². The Morgan fingerprint density at radius 3 is 2.38 bits per heavy atom. The van der Waals surface area contributed by atoms with Gasteiger partial charge in [0.2, 0.25) is 5.91 Å². The third-order valence-electron chi connectivity index (χ3n) is 4.39. The first-order valence-electron chi connectivity index (χ1n) is 8.21. The van der Waals surface area contributed by atoms with Crippen LogP contribution < -0.4 is 5.32 Å². The second kappa shape index (κ2) is 7.25. The zero-order valence-electron chi connectivity index (χ0n) is 13.4. The molecule has 5 nitrogen and oxygen atoms in total. The van der Waals surface area contributed by atoms with Crippen molar-refractivity contribution in [2.45, 2.75) is 25.2 Å². The monoisotopic (exact) mass is 324 g/mol. The first-order chi connectivity index (χ1) is 11.6. The van der Waals surface area contributed by atoms with Gasteiger partial charge in [0.15, 0.2) is 0 Å². The van der Waals surface area contributed by atoms with Gasteiger partial charge in [-0.1, -0.05) is 42.5 Å². The summed E-state index contributed by atoms with van der Waals surface area (Å²) in [6.45, 7) is 0.534. The fourth-order valence-corrected chi connectivity index (χ4v) is 2.95. The predicted molar refractivity (Wildman–Crippen MR) is 91.7 cm³/mol. The molecule has 2 aromatic rings. The van der Waals surface area contributed by atoms with E-state index in [2.05, 4.69) is 5.32 Å². The molecule has 1 amide bonds. The Morgan fingerprint density at radius 2 is 1.79 bits per heavy atom. The summed E-state index contributed by atoms with van der Waals surface area (Å²) in [5.41, 5.74) is 2.14. The van der Waals surface area contributed by atoms with Crippen molar-refractivity contribution in [3.05, 3.63) is 75.8 Å². The van der Waals surface area contributed by atoms with E-state index in [1.165, 1.54) is 12.1 Å². The highest BCUT2D eigenvalue weighted by molar-refractivity contribution is 5.84. The van der Waals surface area contributed by atoms with Crippen LogP contribution in [0.25, 0.3) is 0 Å². The molecule has 2 aromatic carbocycles. The zero-order valence-corrected chi connectivity index (χ0v) is 13.4. The molecule has 1 fully saturated rings. The summed E-state index contributed by atoms with van der Waals surface area (Å²) in [5.74, 6) is 0.459. The third kappa shape index (κ3) is 3.98. The number of nitrogens with zero attached hydrogens (tertiary/aromatic N) is 1. The average molecular weight is 324 g/mol. The van der Waals surface area contributed by atoms with Gasteiger partial charge in [0.25, 0.3) is 5.69 Å². The van der Waals surface area contributed by atoms with Crippen LogP contribution in [0.3, 0.4) is 0 Å². The van der Waals surface area contributed by atoms with Crippen LogP contribution in [-0.2, 0) is 11.2 Å². The molecule has 0 bridgehead atoms. The molecule has 1 saturated carbocycles. The molecule has 5 heteroatoms. The minimum atomic E-state index is -0.411. The highest BCUT2D eigenvalue weighted by atomic mass is 16.6. The summed E-state index contributed by atoms with van der Waals surface area (Å²) < 4.78 is 0. The lowest BCUT2D eigenvalue weighted by atomic mass is 9.93. The maximum atomic E-state index is 12.6. The Bertz CT molecular complexity index is 709. The number of hydrogen-bond acceptors (Lipinski definition) is 3. The molecule has 1 aliphatic carbocycles. The summed E-state index contributed by atoms with van der Waals surface area (Å²) in [6, 6.07) is 16.4. The van der Waals surface area contributed by atoms with Crippen LogP contribution in [0.4, 0.5) is 5.69 Å². The van der Waals surface area contributed by atoms with E-state index in [9.17, 15) is 14.9 Å². The fourth-order valence-electron chi connectivity index (χ4n) is 2.95. The number of carbonyl (C=O) groups excluding carboxylic acids is 1. The highest BCUT2D eigenvalue weighted by Crippen LogP contribution is 2.42. The second-order valence-electron chi connectivity index (χ2n) is 6.19. The van der Waals surface area contributed by atoms with Crippen molar-refractivity contribution < 1.29 is 9.72 Å². The molecule has 1 aliphatic rings. The number of benzene rings is 2. The minimum absolute atomic E-state index is 0.0666. The van der Waals surface area contributed by atoms with Crippen molar-refractivity contribution in [2.75, 3.05) is 6.54 Å². The molecule has 1 N–H and O–H groups in total. The smallest absolute Gasteiger partial charge is 0.269 e. The van der Waals surface area contributed by atoms with Crippen LogP contribution in [0.15, 0.2) is 54.6 Å². The van der Waals surface area contributed by atoms with E-state index < -0.39 is 4.92 Å². The number of non-ortho nitro benzene ring substituents is 1. The van der Waals surface area contributed by atoms with Gasteiger partial charge >= 0.3 is 0 Å². The lowest BCUT2D eigenvalue weighted by molar-refractivity contribution is -0.384. The SMILES string of the molecule is O=C(NCCc1ccc([N+](=O)[O-])cc1)C(c1ccccc1)C1CC1. The van der Waals surface area contributed by atoms with Gasteiger partial charge in [0, 0.05) is 18.7 Å².